The van der Waals surface area contributed by atoms with Crippen LogP contribution in [0.4, 0.5) is 4.79 Å². The molecular weight excluding hydrogens is 338 g/mol. The van der Waals surface area contributed by atoms with Crippen LogP contribution < -0.4 is 16.0 Å². The first-order chi connectivity index (χ1) is 13.1. The van der Waals surface area contributed by atoms with Crippen LogP contribution in [-0.2, 0) is 11.3 Å². The summed E-state index contributed by atoms with van der Waals surface area (Å²) in [6, 6.07) is 9.81. The highest BCUT2D eigenvalue weighted by Crippen LogP contribution is 2.31. The Morgan fingerprint density at radius 3 is 2.33 bits per heavy atom. The molecule has 0 atom stereocenters. The molecule has 3 rings (SSSR count). The van der Waals surface area contributed by atoms with E-state index in [0.717, 1.165) is 50.0 Å². The summed E-state index contributed by atoms with van der Waals surface area (Å²) in [7, 11) is 0. The lowest BCUT2D eigenvalue weighted by molar-refractivity contribution is -0.128. The molecule has 3 amide bonds. The maximum absolute atomic E-state index is 13.0. The number of amides is 3. The molecule has 2 aliphatic carbocycles. The van der Waals surface area contributed by atoms with Crippen LogP contribution in [0.1, 0.15) is 70.3 Å². The first-order valence-electron chi connectivity index (χ1n) is 10.5. The molecule has 2 saturated carbocycles. The molecule has 3 N–H and O–H groups in total. The predicted octanol–water partition coefficient (Wildman–Crippen LogP) is 3.88. The Bertz CT molecular complexity index is 618. The summed E-state index contributed by atoms with van der Waals surface area (Å²) in [5.41, 5.74) is 0.299. The Morgan fingerprint density at radius 2 is 1.70 bits per heavy atom. The van der Waals surface area contributed by atoms with E-state index in [9.17, 15) is 9.59 Å². The van der Waals surface area contributed by atoms with E-state index in [0.29, 0.717) is 6.54 Å². The maximum Gasteiger partial charge on any atom is 0.315 e. The van der Waals surface area contributed by atoms with Gasteiger partial charge in [0.2, 0.25) is 5.91 Å². The first kappa shape index (κ1) is 19.7. The van der Waals surface area contributed by atoms with E-state index in [1.807, 2.05) is 30.3 Å². The van der Waals surface area contributed by atoms with Gasteiger partial charge in [-0.1, -0.05) is 56.5 Å². The fraction of sp³-hybridized carbons (Fsp3) is 0.636. The molecule has 2 fully saturated rings. The van der Waals surface area contributed by atoms with E-state index in [1.165, 1.54) is 19.3 Å². The monoisotopic (exact) mass is 371 g/mol. The van der Waals surface area contributed by atoms with Crippen molar-refractivity contribution in [3.63, 3.8) is 0 Å². The second-order valence-corrected chi connectivity index (χ2v) is 8.18. The third-order valence-corrected chi connectivity index (χ3v) is 6.30. The molecule has 0 saturated heterocycles. The number of urea groups is 1. The van der Waals surface area contributed by atoms with Crippen LogP contribution in [0.5, 0.6) is 0 Å². The van der Waals surface area contributed by atoms with Gasteiger partial charge in [0, 0.05) is 12.6 Å². The first-order valence-corrected chi connectivity index (χ1v) is 10.5. The van der Waals surface area contributed by atoms with Gasteiger partial charge in [0.1, 0.15) is 5.54 Å². The minimum atomic E-state index is -0.748. The highest BCUT2D eigenvalue weighted by atomic mass is 16.2. The van der Waals surface area contributed by atoms with E-state index < -0.39 is 5.54 Å². The molecule has 148 valence electrons. The van der Waals surface area contributed by atoms with Crippen LogP contribution in [0, 0.1) is 5.92 Å². The fourth-order valence-corrected chi connectivity index (χ4v) is 4.47. The largest absolute Gasteiger partial charge is 0.351 e. The number of carbonyl (C=O) groups excluding carboxylic acids is 2. The zero-order valence-electron chi connectivity index (χ0n) is 16.4. The van der Waals surface area contributed by atoms with Crippen molar-refractivity contribution >= 4 is 11.9 Å². The Kier molecular flexibility index (Phi) is 6.75. The minimum Gasteiger partial charge on any atom is -0.351 e. The van der Waals surface area contributed by atoms with Crippen molar-refractivity contribution in [1.82, 2.24) is 16.0 Å². The van der Waals surface area contributed by atoms with Crippen molar-refractivity contribution in [2.75, 3.05) is 0 Å². The van der Waals surface area contributed by atoms with Gasteiger partial charge in [0.05, 0.1) is 0 Å². The van der Waals surface area contributed by atoms with Crippen LogP contribution >= 0.6 is 0 Å². The van der Waals surface area contributed by atoms with E-state index in [2.05, 4.69) is 22.9 Å². The van der Waals surface area contributed by atoms with Crippen LogP contribution in [0.3, 0.4) is 0 Å². The fourth-order valence-electron chi connectivity index (χ4n) is 4.47. The smallest absolute Gasteiger partial charge is 0.315 e. The number of rotatable bonds is 6. The summed E-state index contributed by atoms with van der Waals surface area (Å²) in [5.74, 6) is 0.815. The Balaban J connectivity index is 1.53. The molecule has 1 aromatic rings. The standard InChI is InChI=1S/C22H33N3O2/c1-2-17-10-12-19(13-11-17)24-20(26)22(14-6-7-15-22)25-21(27)23-16-18-8-4-3-5-9-18/h3-5,8-9,17,19H,2,6-7,10-16H2,1H3,(H,24,26)(H2,23,25,27). The van der Waals surface area contributed by atoms with Gasteiger partial charge in [-0.05, 0) is 50.0 Å². The van der Waals surface area contributed by atoms with Gasteiger partial charge in [0.15, 0.2) is 0 Å². The number of hydrogen-bond acceptors (Lipinski definition) is 2. The summed E-state index contributed by atoms with van der Waals surface area (Å²) in [5, 5.41) is 9.15. The molecule has 27 heavy (non-hydrogen) atoms. The molecule has 0 aliphatic heterocycles. The SMILES string of the molecule is CCC1CCC(NC(=O)C2(NC(=O)NCc3ccccc3)CCCC2)CC1. The zero-order valence-corrected chi connectivity index (χ0v) is 16.4. The molecule has 5 nitrogen and oxygen atoms in total. The van der Waals surface area contributed by atoms with Crippen LogP contribution in [-0.4, -0.2) is 23.5 Å². The number of hydrogen-bond donors (Lipinski definition) is 3. The number of nitrogens with one attached hydrogen (secondary N) is 3. The van der Waals surface area contributed by atoms with Crippen molar-refractivity contribution in [2.24, 2.45) is 5.92 Å². The number of benzene rings is 1. The molecule has 0 heterocycles. The number of carbonyl (C=O) groups is 2. The molecule has 0 radical (unpaired) electrons. The zero-order chi connectivity index (χ0) is 19.1. The molecule has 0 unspecified atom stereocenters. The maximum atomic E-state index is 13.0. The van der Waals surface area contributed by atoms with E-state index in [-0.39, 0.29) is 18.0 Å². The third-order valence-electron chi connectivity index (χ3n) is 6.30. The molecule has 0 spiro atoms. The second kappa shape index (κ2) is 9.25. The second-order valence-electron chi connectivity index (χ2n) is 8.18. The average molecular weight is 372 g/mol. The van der Waals surface area contributed by atoms with Gasteiger partial charge in [-0.3, -0.25) is 4.79 Å². The Morgan fingerprint density at radius 1 is 1.04 bits per heavy atom. The molecule has 0 bridgehead atoms. The predicted molar refractivity (Wildman–Crippen MR) is 107 cm³/mol. The average Bonchev–Trinajstić information content (AvgIpc) is 3.17. The Labute approximate surface area is 162 Å². The summed E-state index contributed by atoms with van der Waals surface area (Å²) >= 11 is 0. The lowest BCUT2D eigenvalue weighted by atomic mass is 9.84. The highest BCUT2D eigenvalue weighted by Gasteiger charge is 2.43. The molecule has 5 heteroatoms. The van der Waals surface area contributed by atoms with E-state index in [1.54, 1.807) is 0 Å². The van der Waals surface area contributed by atoms with Crippen molar-refractivity contribution in [2.45, 2.75) is 82.8 Å². The van der Waals surface area contributed by atoms with Crippen molar-refractivity contribution in [3.05, 3.63) is 35.9 Å². The molecule has 2 aliphatic rings. The van der Waals surface area contributed by atoms with Crippen molar-refractivity contribution in [1.29, 1.82) is 0 Å². The quantitative estimate of drug-likeness (QED) is 0.710. The highest BCUT2D eigenvalue weighted by molar-refractivity contribution is 5.91. The van der Waals surface area contributed by atoms with Gasteiger partial charge in [-0.25, -0.2) is 4.79 Å². The summed E-state index contributed by atoms with van der Waals surface area (Å²) < 4.78 is 0. The van der Waals surface area contributed by atoms with E-state index in [4.69, 9.17) is 0 Å². The lowest BCUT2D eigenvalue weighted by Crippen LogP contribution is -2.60. The van der Waals surface area contributed by atoms with Crippen molar-refractivity contribution < 1.29 is 9.59 Å². The van der Waals surface area contributed by atoms with Crippen LogP contribution in [0.15, 0.2) is 30.3 Å². The molecule has 1 aromatic carbocycles. The van der Waals surface area contributed by atoms with Gasteiger partial charge >= 0.3 is 6.03 Å². The normalized spacial score (nSPS) is 24.2. The van der Waals surface area contributed by atoms with E-state index >= 15 is 0 Å². The summed E-state index contributed by atoms with van der Waals surface area (Å²) in [6.07, 6.45) is 9.14. The Hall–Kier alpha value is -2.04. The molecule has 0 aromatic heterocycles. The van der Waals surface area contributed by atoms with Crippen LogP contribution in [0.25, 0.3) is 0 Å². The lowest BCUT2D eigenvalue weighted by Gasteiger charge is -2.34. The summed E-state index contributed by atoms with van der Waals surface area (Å²) in [4.78, 5) is 25.5. The van der Waals surface area contributed by atoms with Crippen LogP contribution in [0.2, 0.25) is 0 Å². The van der Waals surface area contributed by atoms with Gasteiger partial charge < -0.3 is 16.0 Å². The van der Waals surface area contributed by atoms with Gasteiger partial charge in [-0.2, -0.15) is 0 Å². The topological polar surface area (TPSA) is 70.2 Å². The minimum absolute atomic E-state index is 0.00908. The van der Waals surface area contributed by atoms with Gasteiger partial charge in [-0.15, -0.1) is 0 Å². The van der Waals surface area contributed by atoms with Gasteiger partial charge in [0.25, 0.3) is 0 Å². The molecular formula is C22H33N3O2. The van der Waals surface area contributed by atoms with Crippen molar-refractivity contribution in [3.8, 4) is 0 Å². The summed E-state index contributed by atoms with van der Waals surface area (Å²) in [6.45, 7) is 2.71. The third kappa shape index (κ3) is 5.24.